The number of nitrogens with zero attached hydrogens (tertiary/aromatic N) is 2. The molecule has 1 N–H and O–H groups in total. The van der Waals surface area contributed by atoms with Crippen molar-refractivity contribution < 1.29 is 18.0 Å². The van der Waals surface area contributed by atoms with Crippen LogP contribution in [0.25, 0.3) is 0 Å². The maximum atomic E-state index is 13.9. The van der Waals surface area contributed by atoms with E-state index >= 15 is 0 Å². The largest absolute Gasteiger partial charge is 0.352 e. The molecule has 0 spiro atoms. The van der Waals surface area contributed by atoms with Crippen LogP contribution in [0.2, 0.25) is 5.02 Å². The molecule has 0 aromatic heterocycles. The SMILES string of the molecule is Cc1ccc(S(=O)(=O)N(CC(=O)N(CCc2ccccc2)[C@H](C)C(=O)NC(C)C)c2ccc(C)c(Cl)c2)cc1. The van der Waals surface area contributed by atoms with Crippen molar-refractivity contribution in [2.24, 2.45) is 0 Å². The Morgan fingerprint density at radius 1 is 0.923 bits per heavy atom. The number of aryl methyl sites for hydroxylation is 2. The van der Waals surface area contributed by atoms with Gasteiger partial charge in [0, 0.05) is 17.6 Å². The van der Waals surface area contributed by atoms with Gasteiger partial charge in [-0.15, -0.1) is 0 Å². The van der Waals surface area contributed by atoms with E-state index in [2.05, 4.69) is 5.32 Å². The van der Waals surface area contributed by atoms with E-state index in [4.69, 9.17) is 11.6 Å². The summed E-state index contributed by atoms with van der Waals surface area (Å²) in [6, 6.07) is 20.0. The fraction of sp³-hybridized carbons (Fsp3) is 0.333. The lowest BCUT2D eigenvalue weighted by atomic mass is 10.1. The molecule has 0 radical (unpaired) electrons. The van der Waals surface area contributed by atoms with Crippen LogP contribution in [0.5, 0.6) is 0 Å². The number of benzene rings is 3. The van der Waals surface area contributed by atoms with E-state index in [1.165, 1.54) is 17.0 Å². The first-order valence-corrected chi connectivity index (χ1v) is 14.7. The summed E-state index contributed by atoms with van der Waals surface area (Å²) in [5.74, 6) is -0.803. The van der Waals surface area contributed by atoms with Crippen LogP contribution in [0.3, 0.4) is 0 Å². The Kier molecular flexibility index (Phi) is 10.2. The highest BCUT2D eigenvalue weighted by Gasteiger charge is 2.32. The average Bonchev–Trinajstić information content (AvgIpc) is 2.89. The Bertz CT molecular complexity index is 1390. The second kappa shape index (κ2) is 13.1. The Labute approximate surface area is 236 Å². The van der Waals surface area contributed by atoms with Crippen LogP contribution in [0.1, 0.15) is 37.5 Å². The second-order valence-corrected chi connectivity index (χ2v) is 12.2. The molecule has 9 heteroatoms. The van der Waals surface area contributed by atoms with E-state index in [0.717, 1.165) is 21.0 Å². The molecule has 39 heavy (non-hydrogen) atoms. The van der Waals surface area contributed by atoms with Gasteiger partial charge in [-0.05, 0) is 76.4 Å². The normalized spacial score (nSPS) is 12.2. The number of nitrogens with one attached hydrogen (secondary N) is 1. The highest BCUT2D eigenvalue weighted by Crippen LogP contribution is 2.28. The van der Waals surface area contributed by atoms with Gasteiger partial charge >= 0.3 is 0 Å². The number of anilines is 1. The van der Waals surface area contributed by atoms with E-state index in [1.54, 1.807) is 37.3 Å². The van der Waals surface area contributed by atoms with Gasteiger partial charge in [0.1, 0.15) is 12.6 Å². The molecule has 0 saturated carbocycles. The monoisotopic (exact) mass is 569 g/mol. The molecule has 0 aliphatic carbocycles. The third-order valence-corrected chi connectivity index (χ3v) is 8.61. The van der Waals surface area contributed by atoms with Crippen molar-refractivity contribution in [1.82, 2.24) is 10.2 Å². The number of carbonyl (C=O) groups is 2. The van der Waals surface area contributed by atoms with Crippen LogP contribution in [0.4, 0.5) is 5.69 Å². The lowest BCUT2D eigenvalue weighted by molar-refractivity contribution is -0.139. The molecule has 0 unspecified atom stereocenters. The first kappa shape index (κ1) is 30.2. The summed E-state index contributed by atoms with van der Waals surface area (Å²) in [5, 5.41) is 3.24. The molecule has 2 amide bonds. The minimum absolute atomic E-state index is 0.0547. The van der Waals surface area contributed by atoms with Gasteiger partial charge in [0.15, 0.2) is 0 Å². The van der Waals surface area contributed by atoms with Crippen molar-refractivity contribution in [3.63, 3.8) is 0 Å². The van der Waals surface area contributed by atoms with Gasteiger partial charge in [-0.3, -0.25) is 13.9 Å². The summed E-state index contributed by atoms with van der Waals surface area (Å²) in [5.41, 5.74) is 2.96. The van der Waals surface area contributed by atoms with E-state index < -0.39 is 28.5 Å². The molecule has 3 aromatic rings. The summed E-state index contributed by atoms with van der Waals surface area (Å²) < 4.78 is 28.8. The van der Waals surface area contributed by atoms with Crippen molar-refractivity contribution in [1.29, 1.82) is 0 Å². The van der Waals surface area contributed by atoms with Gasteiger partial charge in [0.05, 0.1) is 10.6 Å². The van der Waals surface area contributed by atoms with Crippen molar-refractivity contribution in [2.75, 3.05) is 17.4 Å². The van der Waals surface area contributed by atoms with Crippen molar-refractivity contribution in [3.8, 4) is 0 Å². The summed E-state index contributed by atoms with van der Waals surface area (Å²) in [7, 11) is -4.13. The van der Waals surface area contributed by atoms with Crippen LogP contribution in [-0.2, 0) is 26.0 Å². The molecule has 0 aliphatic heterocycles. The summed E-state index contributed by atoms with van der Waals surface area (Å²) >= 11 is 6.36. The van der Waals surface area contributed by atoms with Crippen LogP contribution in [0, 0.1) is 13.8 Å². The number of hydrogen-bond acceptors (Lipinski definition) is 4. The summed E-state index contributed by atoms with van der Waals surface area (Å²) in [4.78, 5) is 28.3. The molecule has 3 aromatic carbocycles. The average molecular weight is 570 g/mol. The minimum Gasteiger partial charge on any atom is -0.352 e. The van der Waals surface area contributed by atoms with E-state index in [1.807, 2.05) is 58.0 Å². The highest BCUT2D eigenvalue weighted by molar-refractivity contribution is 7.92. The smallest absolute Gasteiger partial charge is 0.264 e. The van der Waals surface area contributed by atoms with E-state index in [0.29, 0.717) is 11.4 Å². The molecule has 0 saturated heterocycles. The zero-order chi connectivity index (χ0) is 28.7. The molecule has 0 heterocycles. The topological polar surface area (TPSA) is 86.8 Å². The Morgan fingerprint density at radius 3 is 2.15 bits per heavy atom. The second-order valence-electron chi connectivity index (χ2n) is 9.92. The zero-order valence-electron chi connectivity index (χ0n) is 23.0. The maximum Gasteiger partial charge on any atom is 0.264 e. The fourth-order valence-electron chi connectivity index (χ4n) is 4.08. The summed E-state index contributed by atoms with van der Waals surface area (Å²) in [6.07, 6.45) is 0.507. The maximum absolute atomic E-state index is 13.9. The Balaban J connectivity index is 2.00. The number of carbonyl (C=O) groups excluding carboxylic acids is 2. The third kappa shape index (κ3) is 7.83. The quantitative estimate of drug-likeness (QED) is 0.346. The third-order valence-electron chi connectivity index (χ3n) is 6.41. The van der Waals surface area contributed by atoms with Crippen LogP contribution < -0.4 is 9.62 Å². The van der Waals surface area contributed by atoms with Gasteiger partial charge < -0.3 is 10.2 Å². The molecule has 3 rings (SSSR count). The number of sulfonamides is 1. The number of halogens is 1. The molecule has 1 atom stereocenters. The number of rotatable bonds is 11. The number of amides is 2. The Morgan fingerprint density at radius 2 is 1.56 bits per heavy atom. The summed E-state index contributed by atoms with van der Waals surface area (Å²) in [6.45, 7) is 8.77. The standard InChI is InChI=1S/C30H36ClN3O4S/c1-21(2)32-30(36)24(5)33(18-17-25-9-7-6-8-10-25)29(35)20-34(26-14-13-23(4)28(31)19-26)39(37,38)27-15-11-22(3)12-16-27/h6-16,19,21,24H,17-18,20H2,1-5H3,(H,32,36)/t24-/m1/s1. The molecule has 0 fully saturated rings. The van der Waals surface area contributed by atoms with Gasteiger partial charge in [-0.25, -0.2) is 8.42 Å². The fourth-order valence-corrected chi connectivity index (χ4v) is 5.66. The number of hydrogen-bond donors (Lipinski definition) is 1. The molecule has 208 valence electrons. The highest BCUT2D eigenvalue weighted by atomic mass is 35.5. The van der Waals surface area contributed by atoms with Gasteiger partial charge in [-0.1, -0.05) is 65.7 Å². The van der Waals surface area contributed by atoms with Crippen molar-refractivity contribution in [2.45, 2.75) is 58.0 Å². The van der Waals surface area contributed by atoms with Crippen molar-refractivity contribution >= 4 is 39.1 Å². The van der Waals surface area contributed by atoms with Crippen LogP contribution in [0.15, 0.2) is 77.7 Å². The first-order valence-electron chi connectivity index (χ1n) is 12.9. The van der Waals surface area contributed by atoms with Crippen molar-refractivity contribution in [3.05, 3.63) is 94.5 Å². The predicted molar refractivity (Wildman–Crippen MR) is 156 cm³/mol. The van der Waals surface area contributed by atoms with Gasteiger partial charge in [-0.2, -0.15) is 0 Å². The molecule has 0 bridgehead atoms. The predicted octanol–water partition coefficient (Wildman–Crippen LogP) is 5.14. The van der Waals surface area contributed by atoms with E-state index in [-0.39, 0.29) is 29.1 Å². The minimum atomic E-state index is -4.13. The molecule has 0 aliphatic rings. The molecular formula is C30H36ClN3O4S. The van der Waals surface area contributed by atoms with Gasteiger partial charge in [0.25, 0.3) is 10.0 Å². The molecular weight excluding hydrogens is 534 g/mol. The van der Waals surface area contributed by atoms with Crippen LogP contribution >= 0.6 is 11.6 Å². The van der Waals surface area contributed by atoms with E-state index in [9.17, 15) is 18.0 Å². The molecule has 7 nitrogen and oxygen atoms in total. The zero-order valence-corrected chi connectivity index (χ0v) is 24.6. The van der Waals surface area contributed by atoms with Crippen LogP contribution in [-0.4, -0.2) is 50.3 Å². The van der Waals surface area contributed by atoms with Gasteiger partial charge in [0.2, 0.25) is 11.8 Å². The first-order chi connectivity index (χ1) is 18.4. The lowest BCUT2D eigenvalue weighted by Crippen LogP contribution is -2.53. The lowest BCUT2D eigenvalue weighted by Gasteiger charge is -2.32. The Hall–Kier alpha value is -3.36.